The van der Waals surface area contributed by atoms with Crippen LogP contribution in [0.25, 0.3) is 4.85 Å². The van der Waals surface area contributed by atoms with Gasteiger partial charge in [0.2, 0.25) is 5.91 Å². The van der Waals surface area contributed by atoms with E-state index in [-0.39, 0.29) is 17.5 Å². The highest BCUT2D eigenvalue weighted by Crippen LogP contribution is 2.48. The van der Waals surface area contributed by atoms with E-state index in [0.29, 0.717) is 12.0 Å². The van der Waals surface area contributed by atoms with Gasteiger partial charge in [-0.05, 0) is 24.2 Å². The van der Waals surface area contributed by atoms with Crippen molar-refractivity contribution in [2.24, 2.45) is 17.1 Å². The van der Waals surface area contributed by atoms with Crippen molar-refractivity contribution in [1.82, 2.24) is 4.90 Å². The molecular weight excluding hydrogens is 214 g/mol. The van der Waals surface area contributed by atoms with Crippen molar-refractivity contribution >= 4 is 5.91 Å². The van der Waals surface area contributed by atoms with Crippen LogP contribution >= 0.6 is 0 Å². The fraction of sp³-hybridized carbons (Fsp3) is 0.846. The first-order valence-electron chi connectivity index (χ1n) is 6.36. The maximum atomic E-state index is 12.4. The maximum Gasteiger partial charge on any atom is 0.301 e. The van der Waals surface area contributed by atoms with E-state index in [0.717, 1.165) is 19.3 Å². The molecule has 1 saturated heterocycles. The average Bonchev–Trinajstić information content (AvgIpc) is 2.98. The van der Waals surface area contributed by atoms with Crippen LogP contribution in [0.1, 0.15) is 40.0 Å². The van der Waals surface area contributed by atoms with E-state index in [9.17, 15) is 4.79 Å². The average molecular weight is 235 g/mol. The number of fused-ring (bicyclic) bond motifs is 1. The van der Waals surface area contributed by atoms with E-state index in [1.54, 1.807) is 4.90 Å². The molecule has 4 unspecified atom stereocenters. The van der Waals surface area contributed by atoms with Crippen LogP contribution in [0, 0.1) is 17.9 Å². The van der Waals surface area contributed by atoms with E-state index in [1.807, 2.05) is 20.8 Å². The van der Waals surface area contributed by atoms with Crippen LogP contribution in [-0.2, 0) is 4.79 Å². The van der Waals surface area contributed by atoms with Gasteiger partial charge in [0.15, 0.2) is 0 Å². The predicted molar refractivity (Wildman–Crippen MR) is 65.8 cm³/mol. The van der Waals surface area contributed by atoms with Gasteiger partial charge in [-0.15, -0.1) is 0 Å². The minimum atomic E-state index is -0.490. The van der Waals surface area contributed by atoms with Gasteiger partial charge in [-0.2, -0.15) is 0 Å². The number of carbonyl (C=O) groups is 1. The number of carbonyl (C=O) groups excluding carboxylic acids is 1. The summed E-state index contributed by atoms with van der Waals surface area (Å²) in [5, 5.41) is 0. The van der Waals surface area contributed by atoms with Crippen LogP contribution in [0.2, 0.25) is 0 Å². The summed E-state index contributed by atoms with van der Waals surface area (Å²) >= 11 is 0. The second-order valence-corrected chi connectivity index (χ2v) is 5.97. The zero-order valence-electron chi connectivity index (χ0n) is 10.8. The molecule has 2 aliphatic rings. The standard InChI is InChI=1S/C13H21N3O/c1-5-13(2,3)11(14)12(17)16-9-6-8(9)7-10(16)15-4/h8-11H,5-7,14H2,1-3H3. The molecule has 0 aromatic heterocycles. The Morgan fingerprint density at radius 1 is 1.59 bits per heavy atom. The lowest BCUT2D eigenvalue weighted by atomic mass is 9.81. The summed E-state index contributed by atoms with van der Waals surface area (Å²) in [7, 11) is 0. The smallest absolute Gasteiger partial charge is 0.301 e. The first-order valence-corrected chi connectivity index (χ1v) is 6.36. The highest BCUT2D eigenvalue weighted by Gasteiger charge is 2.58. The van der Waals surface area contributed by atoms with E-state index < -0.39 is 6.04 Å². The molecule has 1 amide bonds. The number of likely N-dealkylation sites (tertiary alicyclic amines) is 1. The third-order valence-electron chi connectivity index (χ3n) is 4.50. The van der Waals surface area contributed by atoms with E-state index >= 15 is 0 Å². The van der Waals surface area contributed by atoms with E-state index in [2.05, 4.69) is 4.85 Å². The first kappa shape index (κ1) is 12.4. The lowest BCUT2D eigenvalue weighted by Gasteiger charge is -2.32. The third-order valence-corrected chi connectivity index (χ3v) is 4.50. The molecule has 4 atom stereocenters. The Balaban J connectivity index is 2.12. The molecule has 1 aliphatic heterocycles. The number of nitrogens with zero attached hydrogens (tertiary/aromatic N) is 2. The molecule has 0 bridgehead atoms. The number of piperidine rings is 1. The van der Waals surface area contributed by atoms with Gasteiger partial charge < -0.3 is 5.73 Å². The Morgan fingerprint density at radius 3 is 2.76 bits per heavy atom. The molecule has 1 saturated carbocycles. The molecule has 4 nitrogen and oxygen atoms in total. The zero-order chi connectivity index (χ0) is 12.8. The van der Waals surface area contributed by atoms with Crippen molar-refractivity contribution in [3.05, 3.63) is 11.4 Å². The maximum absolute atomic E-state index is 12.4. The second kappa shape index (κ2) is 3.99. The second-order valence-electron chi connectivity index (χ2n) is 5.97. The molecule has 2 fully saturated rings. The van der Waals surface area contributed by atoms with Gasteiger partial charge in [-0.3, -0.25) is 14.5 Å². The van der Waals surface area contributed by atoms with Crippen molar-refractivity contribution in [3.63, 3.8) is 0 Å². The van der Waals surface area contributed by atoms with Crippen LogP contribution < -0.4 is 5.73 Å². The molecule has 17 heavy (non-hydrogen) atoms. The quantitative estimate of drug-likeness (QED) is 0.756. The molecule has 1 aliphatic carbocycles. The Bertz CT molecular complexity index is 371. The van der Waals surface area contributed by atoms with Crippen molar-refractivity contribution in [3.8, 4) is 0 Å². The summed E-state index contributed by atoms with van der Waals surface area (Å²) in [5.74, 6) is 0.540. The van der Waals surface area contributed by atoms with E-state index in [4.69, 9.17) is 12.3 Å². The molecule has 94 valence electrons. The van der Waals surface area contributed by atoms with Crippen molar-refractivity contribution in [2.75, 3.05) is 0 Å². The Labute approximate surface area is 103 Å². The van der Waals surface area contributed by atoms with Gasteiger partial charge in [-0.25, -0.2) is 6.57 Å². The number of nitrogens with two attached hydrogens (primary N) is 1. The van der Waals surface area contributed by atoms with Gasteiger partial charge >= 0.3 is 6.17 Å². The Morgan fingerprint density at radius 2 is 2.24 bits per heavy atom. The van der Waals surface area contributed by atoms with Gasteiger partial charge in [0.1, 0.15) is 0 Å². The van der Waals surface area contributed by atoms with Crippen LogP contribution in [0.3, 0.4) is 0 Å². The highest BCUT2D eigenvalue weighted by molar-refractivity contribution is 5.84. The fourth-order valence-electron chi connectivity index (χ4n) is 2.57. The molecule has 2 N–H and O–H groups in total. The molecule has 0 aromatic carbocycles. The lowest BCUT2D eigenvalue weighted by molar-refractivity contribution is -0.136. The molecule has 4 heteroatoms. The zero-order valence-corrected chi connectivity index (χ0v) is 10.8. The van der Waals surface area contributed by atoms with Gasteiger partial charge in [0.25, 0.3) is 0 Å². The van der Waals surface area contributed by atoms with Crippen molar-refractivity contribution in [1.29, 1.82) is 0 Å². The molecule has 0 radical (unpaired) electrons. The van der Waals surface area contributed by atoms with Gasteiger partial charge in [0.05, 0.1) is 6.04 Å². The fourth-order valence-corrected chi connectivity index (χ4v) is 2.57. The third kappa shape index (κ3) is 1.93. The van der Waals surface area contributed by atoms with Crippen LogP contribution in [0.15, 0.2) is 0 Å². The van der Waals surface area contributed by atoms with Crippen molar-refractivity contribution < 1.29 is 4.79 Å². The summed E-state index contributed by atoms with van der Waals surface area (Å²) < 4.78 is 0. The Hall–Kier alpha value is -1.08. The summed E-state index contributed by atoms with van der Waals surface area (Å²) in [5.41, 5.74) is 5.89. The molecule has 1 heterocycles. The summed E-state index contributed by atoms with van der Waals surface area (Å²) in [4.78, 5) is 17.7. The number of hydrogen-bond acceptors (Lipinski definition) is 2. The minimum absolute atomic E-state index is 0.0251. The minimum Gasteiger partial charge on any atom is -0.319 e. The molecule has 0 aromatic rings. The molecular formula is C13H21N3O. The monoisotopic (exact) mass is 235 g/mol. The number of rotatable bonds is 3. The SMILES string of the molecule is [C-]#[N+]C1CC2CC2N1C(=O)C(N)C(C)(C)CC. The normalized spacial score (nSPS) is 32.9. The summed E-state index contributed by atoms with van der Waals surface area (Å²) in [6.07, 6.45) is 2.52. The molecule has 0 spiro atoms. The number of amides is 1. The lowest BCUT2D eigenvalue weighted by Crippen LogP contribution is -2.53. The van der Waals surface area contributed by atoms with Crippen LogP contribution in [0.5, 0.6) is 0 Å². The molecule has 2 rings (SSSR count). The largest absolute Gasteiger partial charge is 0.319 e. The van der Waals surface area contributed by atoms with Crippen molar-refractivity contribution in [2.45, 2.75) is 58.3 Å². The predicted octanol–water partition coefficient (Wildman–Crippen LogP) is 1.62. The summed E-state index contributed by atoms with van der Waals surface area (Å²) in [6, 6.07) is -0.184. The first-order chi connectivity index (χ1) is 7.92. The van der Waals surface area contributed by atoms with Crippen LogP contribution in [-0.4, -0.2) is 29.1 Å². The van der Waals surface area contributed by atoms with E-state index in [1.165, 1.54) is 0 Å². The summed E-state index contributed by atoms with van der Waals surface area (Å²) in [6.45, 7) is 13.2. The van der Waals surface area contributed by atoms with Crippen LogP contribution in [0.4, 0.5) is 0 Å². The highest BCUT2D eigenvalue weighted by atomic mass is 16.2. The topological polar surface area (TPSA) is 50.7 Å². The Kier molecular flexibility index (Phi) is 2.90. The number of hydrogen-bond donors (Lipinski definition) is 1. The van der Waals surface area contributed by atoms with Gasteiger partial charge in [-0.1, -0.05) is 20.8 Å². The van der Waals surface area contributed by atoms with Gasteiger partial charge in [0, 0.05) is 12.5 Å².